The van der Waals surface area contributed by atoms with Crippen LogP contribution >= 0.6 is 0 Å². The quantitative estimate of drug-likeness (QED) is 0.213. The number of anilines is 1. The summed E-state index contributed by atoms with van der Waals surface area (Å²) in [7, 11) is 3.30. The molecule has 7 N–H and O–H groups in total. The maximum atomic E-state index is 13.8. The van der Waals surface area contributed by atoms with Gasteiger partial charge < -0.3 is 36.2 Å². The average molecular weight is 550 g/mol. The number of carbonyl (C=O) groups is 3. The van der Waals surface area contributed by atoms with E-state index in [1.54, 1.807) is 25.1 Å². The van der Waals surface area contributed by atoms with Crippen LogP contribution in [0.25, 0.3) is 0 Å². The van der Waals surface area contributed by atoms with Crippen molar-refractivity contribution in [3.63, 3.8) is 0 Å². The Morgan fingerprint density at radius 1 is 1.23 bits per heavy atom. The monoisotopic (exact) mass is 549 g/mol. The van der Waals surface area contributed by atoms with E-state index in [0.717, 1.165) is 0 Å². The van der Waals surface area contributed by atoms with Gasteiger partial charge in [0.2, 0.25) is 5.79 Å². The molecule has 1 spiro atoms. The molecule has 4 aliphatic rings. The van der Waals surface area contributed by atoms with E-state index in [9.17, 15) is 34.8 Å². The number of ether oxygens (including phenoxy) is 1. The van der Waals surface area contributed by atoms with Crippen LogP contribution < -0.4 is 11.1 Å². The molecule has 1 unspecified atom stereocenters. The number of aliphatic hydroxyl groups is 3. The molecule has 5 atom stereocenters. The molecule has 1 saturated heterocycles. The Kier molecular flexibility index (Phi) is 5.56. The van der Waals surface area contributed by atoms with Gasteiger partial charge in [-0.2, -0.15) is 0 Å². The number of nitrogens with two attached hydrogens (primary N) is 1. The van der Waals surface area contributed by atoms with Gasteiger partial charge in [-0.1, -0.05) is 0 Å². The highest BCUT2D eigenvalue weighted by Crippen LogP contribution is 2.68. The number of rotatable bonds is 6. The van der Waals surface area contributed by atoms with Gasteiger partial charge in [-0.15, -0.1) is 0 Å². The zero-order chi connectivity index (χ0) is 28.7. The predicted octanol–water partition coefficient (Wildman–Crippen LogP) is 0.363. The van der Waals surface area contributed by atoms with Gasteiger partial charge in [0.1, 0.15) is 35.0 Å². The van der Waals surface area contributed by atoms with E-state index >= 15 is 0 Å². The number of phenols is 1. The number of nitrogens with one attached hydrogen (secondary N) is 1. The number of benzene rings is 1. The molecule has 2 aromatic rings. The molecule has 6 rings (SSSR count). The number of aromatic nitrogens is 2. The fourth-order valence-corrected chi connectivity index (χ4v) is 6.78. The smallest absolute Gasteiger partial charge is 0.253 e. The lowest BCUT2D eigenvalue weighted by atomic mass is 9.60. The first-order valence-corrected chi connectivity index (χ1v) is 12.6. The number of epoxide rings is 1. The van der Waals surface area contributed by atoms with Gasteiger partial charge in [0.25, 0.3) is 5.91 Å². The minimum absolute atomic E-state index is 0.0820. The van der Waals surface area contributed by atoms with Crippen LogP contribution in [0.4, 0.5) is 5.82 Å². The van der Waals surface area contributed by atoms with E-state index < -0.39 is 58.0 Å². The number of likely N-dealkylation sites (N-methyl/N-ethyl adjacent to an activating group) is 1. The van der Waals surface area contributed by atoms with Gasteiger partial charge in [0.05, 0.1) is 18.2 Å². The number of amides is 1. The number of allylic oxidation sites excluding steroid dienone is 1. The number of hydrogen-bond acceptors (Lipinski definition) is 12. The first-order valence-electron chi connectivity index (χ1n) is 12.6. The molecule has 1 fully saturated rings. The summed E-state index contributed by atoms with van der Waals surface area (Å²) in [5.74, 6) is -7.01. The van der Waals surface area contributed by atoms with Gasteiger partial charge in [0.15, 0.2) is 17.2 Å². The fourth-order valence-electron chi connectivity index (χ4n) is 6.78. The Labute approximate surface area is 227 Å². The molecule has 1 aromatic heterocycles. The molecule has 13 heteroatoms. The summed E-state index contributed by atoms with van der Waals surface area (Å²) in [6, 6.07) is 3.41. The van der Waals surface area contributed by atoms with Crippen LogP contribution in [0, 0.1) is 11.8 Å². The average Bonchev–Trinajstić information content (AvgIpc) is 3.53. The van der Waals surface area contributed by atoms with Crippen molar-refractivity contribution in [2.75, 3.05) is 26.0 Å². The summed E-state index contributed by atoms with van der Waals surface area (Å²) >= 11 is 0. The Morgan fingerprint density at radius 2 is 1.98 bits per heavy atom. The third-order valence-electron chi connectivity index (χ3n) is 8.43. The lowest BCUT2D eigenvalue weighted by Gasteiger charge is -2.45. The van der Waals surface area contributed by atoms with Gasteiger partial charge in [0, 0.05) is 23.3 Å². The topological polar surface area (TPSA) is 212 Å². The summed E-state index contributed by atoms with van der Waals surface area (Å²) in [5, 5.41) is 47.5. The second kappa shape index (κ2) is 8.58. The van der Waals surface area contributed by atoms with Crippen molar-refractivity contribution in [3.05, 3.63) is 70.1 Å². The molecule has 1 amide bonds. The van der Waals surface area contributed by atoms with Crippen LogP contribution in [0.5, 0.6) is 5.75 Å². The summed E-state index contributed by atoms with van der Waals surface area (Å²) in [6.07, 6.45) is 3.11. The van der Waals surface area contributed by atoms with Gasteiger partial charge in [-0.25, -0.2) is 9.97 Å². The van der Waals surface area contributed by atoms with E-state index in [-0.39, 0.29) is 47.6 Å². The van der Waals surface area contributed by atoms with Crippen molar-refractivity contribution in [1.29, 1.82) is 0 Å². The van der Waals surface area contributed by atoms with Crippen molar-refractivity contribution >= 4 is 23.3 Å². The minimum atomic E-state index is -2.42. The molecule has 0 saturated carbocycles. The SMILES string of the molecule is CN(C)[C@H]1C(O)=C(C(N)=O)C2(O)O[C@@]23C(O)=C2C(=O)c4c(O)ccc(C(=O)CNc5ccncn5)c4C[C@H]2C[C@@H]13. The largest absolute Gasteiger partial charge is 0.510 e. The molecule has 1 aliphatic heterocycles. The first kappa shape index (κ1) is 25.9. The first-order chi connectivity index (χ1) is 18.9. The molecule has 0 bridgehead atoms. The standard InChI is InChI=1S/C27H27N5O8/c1-32(2)21-14-8-11-7-13-12(16(34)9-30-17-5-6-29-10-31-17)3-4-15(33)19(13)22(35)18(11)24(37)26(14)27(39,40-26)20(23(21)36)25(28)38/h3-6,10-11,14,21,33,36-37,39H,7-9H2,1-2H3,(H2,28,38)(H,29,30,31)/t11-,14-,21+,26-,27?/m0/s1. The molecular formula is C27H27N5O8. The second-order valence-electron chi connectivity index (χ2n) is 10.7. The molecule has 1 aromatic carbocycles. The molecule has 40 heavy (non-hydrogen) atoms. The highest BCUT2D eigenvalue weighted by Gasteiger charge is 2.84. The lowest BCUT2D eigenvalue weighted by molar-refractivity contribution is -0.117. The maximum Gasteiger partial charge on any atom is 0.253 e. The molecule has 13 nitrogen and oxygen atoms in total. The zero-order valence-electron chi connectivity index (χ0n) is 21.6. The lowest BCUT2D eigenvalue weighted by Crippen LogP contribution is -2.57. The van der Waals surface area contributed by atoms with Crippen LogP contribution in [0.3, 0.4) is 0 Å². The van der Waals surface area contributed by atoms with Gasteiger partial charge in [-0.05, 0) is 56.6 Å². The van der Waals surface area contributed by atoms with E-state index in [0.29, 0.717) is 11.4 Å². The third-order valence-corrected chi connectivity index (χ3v) is 8.43. The zero-order valence-corrected chi connectivity index (χ0v) is 21.6. The minimum Gasteiger partial charge on any atom is -0.510 e. The van der Waals surface area contributed by atoms with Crippen LogP contribution in [-0.2, 0) is 16.0 Å². The Hall–Kier alpha value is -4.33. The Balaban J connectivity index is 1.43. The summed E-state index contributed by atoms with van der Waals surface area (Å²) in [6.45, 7) is -0.134. The molecular weight excluding hydrogens is 522 g/mol. The Morgan fingerprint density at radius 3 is 2.62 bits per heavy atom. The highest BCUT2D eigenvalue weighted by atomic mass is 16.8. The van der Waals surface area contributed by atoms with Gasteiger partial charge >= 0.3 is 0 Å². The van der Waals surface area contributed by atoms with Crippen molar-refractivity contribution in [1.82, 2.24) is 14.9 Å². The van der Waals surface area contributed by atoms with Crippen molar-refractivity contribution in [3.8, 4) is 5.75 Å². The number of primary amides is 1. The summed E-state index contributed by atoms with van der Waals surface area (Å²) in [4.78, 5) is 48.8. The Bertz CT molecular complexity index is 1550. The van der Waals surface area contributed by atoms with Crippen molar-refractivity contribution in [2.24, 2.45) is 17.6 Å². The number of carbonyl (C=O) groups excluding carboxylic acids is 3. The molecule has 3 aliphatic carbocycles. The predicted molar refractivity (Wildman–Crippen MR) is 137 cm³/mol. The third kappa shape index (κ3) is 3.28. The summed E-state index contributed by atoms with van der Waals surface area (Å²) < 4.78 is 5.66. The maximum absolute atomic E-state index is 13.8. The highest BCUT2D eigenvalue weighted by molar-refractivity contribution is 6.16. The molecule has 2 heterocycles. The van der Waals surface area contributed by atoms with E-state index in [1.807, 2.05) is 0 Å². The summed E-state index contributed by atoms with van der Waals surface area (Å²) in [5.41, 5.74) is 3.36. The second-order valence-corrected chi connectivity index (χ2v) is 10.7. The number of aliphatic hydroxyl groups excluding tert-OH is 2. The number of phenolic OH excluding ortho intramolecular Hbond substituents is 1. The molecule has 208 valence electrons. The van der Waals surface area contributed by atoms with Crippen molar-refractivity contribution in [2.45, 2.75) is 30.3 Å². The van der Waals surface area contributed by atoms with E-state index in [1.165, 1.54) is 24.7 Å². The normalized spacial score (nSPS) is 30.3. The van der Waals surface area contributed by atoms with Gasteiger partial charge in [-0.3, -0.25) is 19.3 Å². The fraction of sp³-hybridized carbons (Fsp3) is 0.370. The number of aromatic hydroxyl groups is 1. The molecule has 0 radical (unpaired) electrons. The van der Waals surface area contributed by atoms with Crippen LogP contribution in [0.1, 0.15) is 32.7 Å². The van der Waals surface area contributed by atoms with E-state index in [2.05, 4.69) is 15.3 Å². The van der Waals surface area contributed by atoms with Crippen LogP contribution in [0.15, 0.2) is 53.4 Å². The van der Waals surface area contributed by atoms with Crippen molar-refractivity contribution < 1.29 is 39.5 Å². The van der Waals surface area contributed by atoms with Crippen LogP contribution in [-0.4, -0.2) is 90.8 Å². The van der Waals surface area contributed by atoms with E-state index in [4.69, 9.17) is 10.5 Å². The number of nitrogens with zero attached hydrogens (tertiary/aromatic N) is 3. The number of ketones is 2. The number of hydrogen-bond donors (Lipinski definition) is 6. The number of fused-ring (bicyclic) bond motifs is 2. The van der Waals surface area contributed by atoms with Crippen LogP contribution in [0.2, 0.25) is 0 Å². The number of Topliss-reactive ketones (excluding diaryl/α,β-unsaturated/α-hetero) is 2.